The van der Waals surface area contributed by atoms with E-state index in [1.54, 1.807) is 6.92 Å². The highest BCUT2D eigenvalue weighted by atomic mass is 32.2. The summed E-state index contributed by atoms with van der Waals surface area (Å²) < 4.78 is 5.66. The summed E-state index contributed by atoms with van der Waals surface area (Å²) in [6.45, 7) is 5.44. The minimum absolute atomic E-state index is 0.0495. The first kappa shape index (κ1) is 14.6. The summed E-state index contributed by atoms with van der Waals surface area (Å²) in [6, 6.07) is 9.61. The van der Waals surface area contributed by atoms with Gasteiger partial charge in [-0.2, -0.15) is 5.26 Å². The van der Waals surface area contributed by atoms with Crippen LogP contribution in [0.2, 0.25) is 0 Å². The molecule has 1 unspecified atom stereocenters. The minimum Gasteiger partial charge on any atom is -0.439 e. The minimum atomic E-state index is -0.908. The summed E-state index contributed by atoms with van der Waals surface area (Å²) >= 11 is 1.16. The van der Waals surface area contributed by atoms with E-state index in [1.807, 2.05) is 38.1 Å². The Hall–Kier alpha value is -1.80. The Morgan fingerprint density at radius 2 is 2.20 bits per heavy atom. The first-order chi connectivity index (χ1) is 9.46. The predicted molar refractivity (Wildman–Crippen MR) is 79.3 cm³/mol. The van der Waals surface area contributed by atoms with Crippen molar-refractivity contribution < 1.29 is 9.21 Å². The van der Waals surface area contributed by atoms with E-state index >= 15 is 0 Å². The van der Waals surface area contributed by atoms with Crippen LogP contribution in [0, 0.1) is 17.2 Å². The summed E-state index contributed by atoms with van der Waals surface area (Å²) in [6.07, 6.45) is 0. The Kier molecular flexibility index (Phi) is 4.15. The second kappa shape index (κ2) is 5.68. The Morgan fingerprint density at radius 3 is 2.80 bits per heavy atom. The summed E-state index contributed by atoms with van der Waals surface area (Å²) in [5.41, 5.74) is 0.474. The third-order valence-corrected chi connectivity index (χ3v) is 4.46. The topological polar surface area (TPSA) is 66.9 Å². The number of rotatable bonds is 4. The second-order valence-electron chi connectivity index (χ2n) is 5.19. The van der Waals surface area contributed by atoms with Gasteiger partial charge in [0.1, 0.15) is 10.9 Å². The molecule has 104 valence electrons. The van der Waals surface area contributed by atoms with Gasteiger partial charge in [0.15, 0.2) is 10.7 Å². The molecule has 0 saturated heterocycles. The fourth-order valence-corrected chi connectivity index (χ4v) is 2.58. The lowest BCUT2D eigenvalue weighted by Crippen LogP contribution is -2.24. The van der Waals surface area contributed by atoms with Gasteiger partial charge < -0.3 is 4.42 Å². The maximum atomic E-state index is 11.7. The second-order valence-corrected chi connectivity index (χ2v) is 6.17. The van der Waals surface area contributed by atoms with Crippen LogP contribution >= 0.6 is 11.8 Å². The first-order valence-electron chi connectivity index (χ1n) is 6.40. The monoisotopic (exact) mass is 288 g/mol. The predicted octanol–water partition coefficient (Wildman–Crippen LogP) is 3.52. The number of oxazole rings is 1. The van der Waals surface area contributed by atoms with E-state index in [4.69, 9.17) is 4.42 Å². The maximum absolute atomic E-state index is 11.7. The SMILES string of the molecule is CC(C)C(=O)SCC(C)(C#N)c1nc2ccccc2o1. The van der Waals surface area contributed by atoms with Crippen LogP contribution in [-0.2, 0) is 10.2 Å². The fraction of sp³-hybridized carbons (Fsp3) is 0.400. The maximum Gasteiger partial charge on any atom is 0.216 e. The van der Waals surface area contributed by atoms with Gasteiger partial charge in [-0.3, -0.25) is 4.79 Å². The number of thioether (sulfide) groups is 1. The van der Waals surface area contributed by atoms with E-state index in [-0.39, 0.29) is 11.0 Å². The van der Waals surface area contributed by atoms with Gasteiger partial charge >= 0.3 is 0 Å². The lowest BCUT2D eigenvalue weighted by molar-refractivity contribution is -0.113. The summed E-state index contributed by atoms with van der Waals surface area (Å²) in [5, 5.41) is 9.51. The highest BCUT2D eigenvalue weighted by molar-refractivity contribution is 8.13. The molecule has 0 bridgehead atoms. The van der Waals surface area contributed by atoms with Crippen LogP contribution in [0.15, 0.2) is 28.7 Å². The molecule has 1 heterocycles. The van der Waals surface area contributed by atoms with Crippen LogP contribution in [0.3, 0.4) is 0 Å². The average Bonchev–Trinajstić information content (AvgIpc) is 2.88. The zero-order valence-electron chi connectivity index (χ0n) is 11.7. The van der Waals surface area contributed by atoms with E-state index in [2.05, 4.69) is 11.1 Å². The number of fused-ring (bicyclic) bond motifs is 1. The number of aromatic nitrogens is 1. The van der Waals surface area contributed by atoms with Gasteiger partial charge in [-0.05, 0) is 19.1 Å². The molecular formula is C15H16N2O2S. The van der Waals surface area contributed by atoms with Crippen molar-refractivity contribution in [3.05, 3.63) is 30.2 Å². The number of carbonyl (C=O) groups is 1. The zero-order valence-corrected chi connectivity index (χ0v) is 12.5. The molecule has 0 radical (unpaired) electrons. The van der Waals surface area contributed by atoms with Crippen molar-refractivity contribution >= 4 is 28.0 Å². The van der Waals surface area contributed by atoms with E-state index in [0.29, 0.717) is 17.2 Å². The lowest BCUT2D eigenvalue weighted by Gasteiger charge is -2.16. The molecule has 0 N–H and O–H groups in total. The van der Waals surface area contributed by atoms with Crippen molar-refractivity contribution in [3.8, 4) is 6.07 Å². The van der Waals surface area contributed by atoms with Gasteiger partial charge in [0.25, 0.3) is 0 Å². The van der Waals surface area contributed by atoms with Crippen molar-refractivity contribution in [1.29, 1.82) is 5.26 Å². The Morgan fingerprint density at radius 1 is 1.50 bits per heavy atom. The normalized spacial score (nSPS) is 14.2. The van der Waals surface area contributed by atoms with Crippen molar-refractivity contribution in [3.63, 3.8) is 0 Å². The number of benzene rings is 1. The highest BCUT2D eigenvalue weighted by Gasteiger charge is 2.33. The van der Waals surface area contributed by atoms with Gasteiger partial charge in [-0.15, -0.1) is 0 Å². The largest absolute Gasteiger partial charge is 0.439 e. The summed E-state index contributed by atoms with van der Waals surface area (Å²) in [7, 11) is 0. The van der Waals surface area contributed by atoms with Crippen molar-refractivity contribution in [2.75, 3.05) is 5.75 Å². The van der Waals surface area contributed by atoms with Gasteiger partial charge in [0.2, 0.25) is 5.89 Å². The molecule has 2 aromatic rings. The van der Waals surface area contributed by atoms with Crippen molar-refractivity contribution in [2.24, 2.45) is 5.92 Å². The van der Waals surface area contributed by atoms with Crippen LogP contribution in [0.4, 0.5) is 0 Å². The lowest BCUT2D eigenvalue weighted by atomic mass is 9.96. The van der Waals surface area contributed by atoms with Crippen molar-refractivity contribution in [2.45, 2.75) is 26.2 Å². The third-order valence-electron chi connectivity index (χ3n) is 2.99. The molecule has 1 atom stereocenters. The molecule has 0 aliphatic rings. The van der Waals surface area contributed by atoms with E-state index in [9.17, 15) is 10.1 Å². The number of hydrogen-bond donors (Lipinski definition) is 0. The molecule has 5 heteroatoms. The number of hydrogen-bond acceptors (Lipinski definition) is 5. The molecular weight excluding hydrogens is 272 g/mol. The van der Waals surface area contributed by atoms with Crippen molar-refractivity contribution in [1.82, 2.24) is 4.98 Å². The quantitative estimate of drug-likeness (QED) is 0.861. The highest BCUT2D eigenvalue weighted by Crippen LogP contribution is 2.30. The summed E-state index contributed by atoms with van der Waals surface area (Å²) in [4.78, 5) is 16.1. The number of nitriles is 1. The molecule has 2 rings (SSSR count). The number of nitrogens with zero attached hydrogens (tertiary/aromatic N) is 2. The molecule has 1 aromatic heterocycles. The molecule has 0 aliphatic heterocycles. The Labute approximate surface area is 122 Å². The Balaban J connectivity index is 2.26. The Bertz CT molecular complexity index is 639. The standard InChI is InChI=1S/C15H16N2O2S/c1-10(2)13(18)20-9-15(3,8-16)14-17-11-6-4-5-7-12(11)19-14/h4-7,10H,9H2,1-3H3. The van der Waals surface area contributed by atoms with Gasteiger partial charge in [0.05, 0.1) is 6.07 Å². The first-order valence-corrected chi connectivity index (χ1v) is 7.39. The van der Waals surface area contributed by atoms with Crippen LogP contribution in [0.25, 0.3) is 11.1 Å². The van der Waals surface area contributed by atoms with Crippen LogP contribution in [-0.4, -0.2) is 15.9 Å². The molecule has 0 fully saturated rings. The number of para-hydroxylation sites is 2. The molecule has 20 heavy (non-hydrogen) atoms. The fourth-order valence-electron chi connectivity index (χ4n) is 1.63. The molecule has 0 amide bonds. The van der Waals surface area contributed by atoms with E-state index < -0.39 is 5.41 Å². The van der Waals surface area contributed by atoms with Crippen LogP contribution < -0.4 is 0 Å². The van der Waals surface area contributed by atoms with Gasteiger partial charge in [-0.25, -0.2) is 4.98 Å². The molecule has 0 spiro atoms. The van der Waals surface area contributed by atoms with Crippen LogP contribution in [0.1, 0.15) is 26.7 Å². The molecule has 0 aliphatic carbocycles. The molecule has 0 saturated carbocycles. The smallest absolute Gasteiger partial charge is 0.216 e. The van der Waals surface area contributed by atoms with Gasteiger partial charge in [-0.1, -0.05) is 37.7 Å². The van der Waals surface area contributed by atoms with E-state index in [0.717, 1.165) is 17.3 Å². The number of carbonyl (C=O) groups excluding carboxylic acids is 1. The summed E-state index contributed by atoms with van der Waals surface area (Å²) in [5.74, 6) is 0.657. The zero-order chi connectivity index (χ0) is 14.8. The molecule has 4 nitrogen and oxygen atoms in total. The van der Waals surface area contributed by atoms with E-state index in [1.165, 1.54) is 0 Å². The van der Waals surface area contributed by atoms with Gasteiger partial charge in [0, 0.05) is 11.7 Å². The average molecular weight is 288 g/mol. The third kappa shape index (κ3) is 2.86. The van der Waals surface area contributed by atoms with Crippen LogP contribution in [0.5, 0.6) is 0 Å². The molecule has 1 aromatic carbocycles.